The zero-order chi connectivity index (χ0) is 20.1. The normalized spacial score (nSPS) is 18.8. The summed E-state index contributed by atoms with van der Waals surface area (Å²) in [4.78, 5) is 8.18. The van der Waals surface area contributed by atoms with E-state index in [1.165, 1.54) is 31.5 Å². The number of rotatable bonds is 8. The van der Waals surface area contributed by atoms with Crippen LogP contribution in [0, 0.1) is 0 Å². The average Bonchev–Trinajstić information content (AvgIpc) is 3.42. The molecule has 6 heteroatoms. The highest BCUT2D eigenvalue weighted by Gasteiger charge is 2.24. The van der Waals surface area contributed by atoms with E-state index in [1.54, 1.807) is 0 Å². The molecule has 2 heterocycles. The summed E-state index contributed by atoms with van der Waals surface area (Å²) in [7, 11) is 0. The molecule has 1 N–H and O–H groups in total. The molecule has 29 heavy (non-hydrogen) atoms. The van der Waals surface area contributed by atoms with Gasteiger partial charge < -0.3 is 19.6 Å². The molecular formula is C23H29N3O3. The molecule has 2 aromatic carbocycles. The molecule has 4 rings (SSSR count). The number of amidine groups is 1. The van der Waals surface area contributed by atoms with E-state index < -0.39 is 0 Å². The molecule has 1 unspecified atom stereocenters. The standard InChI is InChI=1S/C23H29N3O3/c1-3-27-20-11-10-19(15-21(20)28-4-2)23-24-22(25-29-23)18-9-7-8-17(14-18)16-26-12-5-6-13-26/h7-11,14-15,23H,3-6,12-13,16H2,1-2H3,(H,24,25). The van der Waals surface area contributed by atoms with Gasteiger partial charge in [0.2, 0.25) is 6.23 Å². The maximum atomic E-state index is 5.73. The van der Waals surface area contributed by atoms with Crippen LogP contribution >= 0.6 is 0 Å². The Morgan fingerprint density at radius 2 is 1.83 bits per heavy atom. The Kier molecular flexibility index (Phi) is 6.20. The fourth-order valence-electron chi connectivity index (χ4n) is 3.81. The van der Waals surface area contributed by atoms with Crippen LogP contribution in [-0.2, 0) is 11.4 Å². The molecule has 0 amide bonds. The largest absolute Gasteiger partial charge is 0.490 e. The molecule has 2 aromatic rings. The molecule has 0 saturated carbocycles. The first kappa shape index (κ1) is 19.6. The van der Waals surface area contributed by atoms with E-state index >= 15 is 0 Å². The molecule has 0 aliphatic carbocycles. The molecule has 2 aliphatic rings. The van der Waals surface area contributed by atoms with E-state index in [1.807, 2.05) is 32.0 Å². The summed E-state index contributed by atoms with van der Waals surface area (Å²) < 4.78 is 11.4. The van der Waals surface area contributed by atoms with Gasteiger partial charge in [-0.1, -0.05) is 23.4 Å². The number of likely N-dealkylation sites (tertiary alicyclic amines) is 1. The van der Waals surface area contributed by atoms with Crippen molar-refractivity contribution >= 4 is 5.84 Å². The first-order valence-electron chi connectivity index (χ1n) is 10.5. The molecule has 0 aromatic heterocycles. The van der Waals surface area contributed by atoms with Gasteiger partial charge in [-0.2, -0.15) is 0 Å². The lowest BCUT2D eigenvalue weighted by molar-refractivity contribution is 0.0726. The summed E-state index contributed by atoms with van der Waals surface area (Å²) >= 11 is 0. The Morgan fingerprint density at radius 1 is 1.03 bits per heavy atom. The van der Waals surface area contributed by atoms with Crippen molar-refractivity contribution in [2.45, 2.75) is 39.5 Å². The van der Waals surface area contributed by atoms with Gasteiger partial charge in [0, 0.05) is 17.7 Å². The smallest absolute Gasteiger partial charge is 0.225 e. The third-order valence-electron chi connectivity index (χ3n) is 5.19. The van der Waals surface area contributed by atoms with Gasteiger partial charge in [0.25, 0.3) is 0 Å². The highest BCUT2D eigenvalue weighted by Crippen LogP contribution is 2.32. The molecule has 154 valence electrons. The maximum Gasteiger partial charge on any atom is 0.225 e. The van der Waals surface area contributed by atoms with Crippen molar-refractivity contribution in [3.63, 3.8) is 0 Å². The maximum absolute atomic E-state index is 5.73. The lowest BCUT2D eigenvalue weighted by Gasteiger charge is -2.16. The second-order valence-corrected chi connectivity index (χ2v) is 7.33. The van der Waals surface area contributed by atoms with E-state index in [2.05, 4.69) is 39.6 Å². The minimum Gasteiger partial charge on any atom is -0.490 e. The van der Waals surface area contributed by atoms with Gasteiger partial charge in [0.15, 0.2) is 17.3 Å². The molecule has 6 nitrogen and oxygen atoms in total. The lowest BCUT2D eigenvalue weighted by atomic mass is 10.1. The number of nitrogens with zero attached hydrogens (tertiary/aromatic N) is 2. The van der Waals surface area contributed by atoms with Crippen LogP contribution < -0.4 is 14.8 Å². The molecule has 0 radical (unpaired) electrons. The van der Waals surface area contributed by atoms with Gasteiger partial charge in [-0.3, -0.25) is 4.90 Å². The number of hydrogen-bond donors (Lipinski definition) is 1. The SMILES string of the molecule is CCOc1ccc(C2NC(c3cccc(CN4CCCC4)c3)=NO2)cc1OCC. The van der Waals surface area contributed by atoms with Crippen molar-refractivity contribution in [3.8, 4) is 11.5 Å². The summed E-state index contributed by atoms with van der Waals surface area (Å²) in [5.41, 5.74) is 3.29. The van der Waals surface area contributed by atoms with Crippen LogP contribution in [0.3, 0.4) is 0 Å². The minimum atomic E-state index is -0.345. The van der Waals surface area contributed by atoms with Gasteiger partial charge in [-0.05, 0) is 69.6 Å². The van der Waals surface area contributed by atoms with E-state index in [0.717, 1.165) is 35.0 Å². The molecule has 1 atom stereocenters. The highest BCUT2D eigenvalue weighted by molar-refractivity contribution is 5.99. The van der Waals surface area contributed by atoms with Gasteiger partial charge in [-0.15, -0.1) is 0 Å². The van der Waals surface area contributed by atoms with Crippen molar-refractivity contribution in [1.29, 1.82) is 0 Å². The molecule has 1 fully saturated rings. The van der Waals surface area contributed by atoms with Crippen LogP contribution in [0.1, 0.15) is 49.6 Å². The quantitative estimate of drug-likeness (QED) is 0.731. The monoisotopic (exact) mass is 395 g/mol. The van der Waals surface area contributed by atoms with Crippen LogP contribution in [-0.4, -0.2) is 37.0 Å². The summed E-state index contributed by atoms with van der Waals surface area (Å²) in [6.45, 7) is 8.46. The Labute approximate surface area is 172 Å². The Bertz CT molecular complexity index is 862. The van der Waals surface area contributed by atoms with Crippen molar-refractivity contribution < 1.29 is 14.3 Å². The molecular weight excluding hydrogens is 366 g/mol. The molecule has 1 saturated heterocycles. The Balaban J connectivity index is 1.45. The number of nitrogens with one attached hydrogen (secondary N) is 1. The molecule has 0 spiro atoms. The zero-order valence-corrected chi connectivity index (χ0v) is 17.2. The summed E-state index contributed by atoms with van der Waals surface area (Å²) in [5.74, 6) is 2.22. The summed E-state index contributed by atoms with van der Waals surface area (Å²) in [5, 5.41) is 7.67. The van der Waals surface area contributed by atoms with Gasteiger partial charge in [-0.25, -0.2) is 0 Å². The third-order valence-corrected chi connectivity index (χ3v) is 5.19. The fourth-order valence-corrected chi connectivity index (χ4v) is 3.81. The Morgan fingerprint density at radius 3 is 2.62 bits per heavy atom. The number of benzene rings is 2. The van der Waals surface area contributed by atoms with Crippen molar-refractivity contribution in [3.05, 3.63) is 59.2 Å². The first-order valence-corrected chi connectivity index (χ1v) is 10.5. The van der Waals surface area contributed by atoms with E-state index in [-0.39, 0.29) is 6.23 Å². The van der Waals surface area contributed by atoms with Crippen molar-refractivity contribution in [2.24, 2.45) is 5.16 Å². The van der Waals surface area contributed by atoms with Crippen LogP contribution in [0.4, 0.5) is 0 Å². The number of oxime groups is 1. The summed E-state index contributed by atoms with van der Waals surface area (Å²) in [6.07, 6.45) is 2.26. The van der Waals surface area contributed by atoms with Gasteiger partial charge in [0.05, 0.1) is 13.2 Å². The van der Waals surface area contributed by atoms with Crippen molar-refractivity contribution in [2.75, 3.05) is 26.3 Å². The predicted molar refractivity (Wildman–Crippen MR) is 113 cm³/mol. The second-order valence-electron chi connectivity index (χ2n) is 7.33. The molecule has 2 aliphatic heterocycles. The summed E-state index contributed by atoms with van der Waals surface area (Å²) in [6, 6.07) is 14.4. The average molecular weight is 396 g/mol. The van der Waals surface area contributed by atoms with E-state index in [9.17, 15) is 0 Å². The fraction of sp³-hybridized carbons (Fsp3) is 0.435. The van der Waals surface area contributed by atoms with Crippen LogP contribution in [0.25, 0.3) is 0 Å². The number of hydrogen-bond acceptors (Lipinski definition) is 6. The van der Waals surface area contributed by atoms with Gasteiger partial charge >= 0.3 is 0 Å². The first-order chi connectivity index (χ1) is 14.3. The minimum absolute atomic E-state index is 0.345. The number of ether oxygens (including phenoxy) is 2. The topological polar surface area (TPSA) is 55.3 Å². The van der Waals surface area contributed by atoms with Crippen molar-refractivity contribution in [1.82, 2.24) is 10.2 Å². The predicted octanol–water partition coefficient (Wildman–Crippen LogP) is 4.06. The van der Waals surface area contributed by atoms with Crippen LogP contribution in [0.15, 0.2) is 47.6 Å². The Hall–Kier alpha value is -2.73. The van der Waals surface area contributed by atoms with E-state index in [4.69, 9.17) is 14.3 Å². The van der Waals surface area contributed by atoms with Crippen LogP contribution in [0.5, 0.6) is 11.5 Å². The van der Waals surface area contributed by atoms with Gasteiger partial charge in [0.1, 0.15) is 0 Å². The zero-order valence-electron chi connectivity index (χ0n) is 17.2. The lowest BCUT2D eigenvalue weighted by Crippen LogP contribution is -2.24. The molecule has 0 bridgehead atoms. The van der Waals surface area contributed by atoms with E-state index in [0.29, 0.717) is 13.2 Å². The van der Waals surface area contributed by atoms with Crippen LogP contribution in [0.2, 0.25) is 0 Å². The third kappa shape index (κ3) is 4.65. The highest BCUT2D eigenvalue weighted by atomic mass is 16.7. The second kappa shape index (κ2) is 9.18.